The molecule has 55 heavy (non-hydrogen) atoms. The van der Waals surface area contributed by atoms with E-state index in [0.717, 1.165) is 71.4 Å². The second kappa shape index (κ2) is 17.9. The van der Waals surface area contributed by atoms with Gasteiger partial charge in [0.25, 0.3) is 0 Å². The average molecular weight is 750 g/mol. The molecule has 290 valence electrons. The number of amides is 2. The highest BCUT2D eigenvalue weighted by molar-refractivity contribution is 5.83. The molecule has 2 amide bonds. The molecule has 4 aromatic carbocycles. The Hall–Kier alpha value is -4.62. The zero-order valence-corrected chi connectivity index (χ0v) is 31.5. The summed E-state index contributed by atoms with van der Waals surface area (Å²) < 4.78 is 30.4. The van der Waals surface area contributed by atoms with Crippen molar-refractivity contribution in [1.29, 1.82) is 0 Å². The topological polar surface area (TPSA) is 128 Å². The zero-order valence-electron chi connectivity index (χ0n) is 31.5. The molecular weight excluding hydrogens is 698 g/mol. The van der Waals surface area contributed by atoms with Crippen LogP contribution < -0.4 is 10.6 Å². The number of urea groups is 1. The van der Waals surface area contributed by atoms with Crippen LogP contribution in [0, 0.1) is 5.92 Å². The summed E-state index contributed by atoms with van der Waals surface area (Å²) in [7, 11) is 1.31. The highest BCUT2D eigenvalue weighted by Crippen LogP contribution is 2.43. The Morgan fingerprint density at radius 1 is 0.836 bits per heavy atom. The van der Waals surface area contributed by atoms with Crippen molar-refractivity contribution in [2.45, 2.75) is 69.7 Å². The summed E-state index contributed by atoms with van der Waals surface area (Å²) in [6.07, 6.45) is 1.17. The Balaban J connectivity index is 1.01. The van der Waals surface area contributed by atoms with E-state index in [1.807, 2.05) is 78.9 Å². The maximum absolute atomic E-state index is 12.9. The second-order valence-corrected chi connectivity index (χ2v) is 14.6. The number of esters is 1. The van der Waals surface area contributed by atoms with Gasteiger partial charge in [-0.05, 0) is 39.4 Å². The van der Waals surface area contributed by atoms with Crippen LogP contribution in [0.4, 0.5) is 4.79 Å². The number of aliphatic hydroxyl groups excluding tert-OH is 1. The minimum Gasteiger partial charge on any atom is -0.467 e. The van der Waals surface area contributed by atoms with Gasteiger partial charge in [-0.15, -0.1) is 0 Å². The van der Waals surface area contributed by atoms with Gasteiger partial charge in [0.15, 0.2) is 12.1 Å². The third-order valence-electron chi connectivity index (χ3n) is 11.0. The molecule has 0 aliphatic carbocycles. The van der Waals surface area contributed by atoms with Crippen molar-refractivity contribution in [3.63, 3.8) is 0 Å². The standard InChI is InChI=1S/C44H51N3O8/c1-30-39(28-47-21-19-44(20-22-47)52-23-24-53-44)54-42(55-40(30)35-13-11-32(29-48)12-14-35)36-17-15-34(16-18-36)37-10-6-9-33(25-37)27-45-43(50)46-38(41(49)51-2)26-31-7-4-3-5-8-31/h3-18,25,30,38-40,42,48H,19-24,26-29H2,1-2H3,(H2,45,46,50)/t30-,38+,39+,40+,42+/m1/s1. The van der Waals surface area contributed by atoms with Crippen molar-refractivity contribution >= 4 is 12.0 Å². The quantitative estimate of drug-likeness (QED) is 0.148. The molecular formula is C44H51N3O8. The van der Waals surface area contributed by atoms with Crippen LogP contribution in [0.5, 0.6) is 0 Å². The monoisotopic (exact) mass is 749 g/mol. The van der Waals surface area contributed by atoms with Gasteiger partial charge in [0.05, 0.1) is 39.1 Å². The summed E-state index contributed by atoms with van der Waals surface area (Å²) in [5, 5.41) is 15.3. The van der Waals surface area contributed by atoms with Gasteiger partial charge in [-0.3, -0.25) is 0 Å². The molecule has 0 bridgehead atoms. The molecule has 11 heteroatoms. The number of piperidine rings is 1. The van der Waals surface area contributed by atoms with Crippen LogP contribution in [-0.4, -0.2) is 79.9 Å². The van der Waals surface area contributed by atoms with Gasteiger partial charge < -0.3 is 44.3 Å². The van der Waals surface area contributed by atoms with Gasteiger partial charge in [-0.25, -0.2) is 9.59 Å². The average Bonchev–Trinajstić information content (AvgIpc) is 3.69. The van der Waals surface area contributed by atoms with E-state index < -0.39 is 30.1 Å². The fraction of sp³-hybridized carbons (Fsp3) is 0.409. The molecule has 3 heterocycles. The number of aliphatic hydroxyl groups is 1. The summed E-state index contributed by atoms with van der Waals surface area (Å²) >= 11 is 0. The Labute approximate surface area is 322 Å². The first-order chi connectivity index (χ1) is 26.8. The third-order valence-corrected chi connectivity index (χ3v) is 11.0. The fourth-order valence-corrected chi connectivity index (χ4v) is 7.72. The van der Waals surface area contributed by atoms with Crippen LogP contribution in [-0.2, 0) is 48.1 Å². The van der Waals surface area contributed by atoms with Crippen LogP contribution >= 0.6 is 0 Å². The number of benzene rings is 4. The van der Waals surface area contributed by atoms with Crippen LogP contribution in [0.2, 0.25) is 0 Å². The summed E-state index contributed by atoms with van der Waals surface area (Å²) in [6.45, 7) is 6.32. The molecule has 5 atom stereocenters. The zero-order chi connectivity index (χ0) is 38.2. The molecule has 7 rings (SSSR count). The van der Waals surface area contributed by atoms with Crippen LogP contribution in [0.25, 0.3) is 11.1 Å². The smallest absolute Gasteiger partial charge is 0.328 e. The van der Waals surface area contributed by atoms with Gasteiger partial charge in [0, 0.05) is 56.9 Å². The summed E-state index contributed by atoms with van der Waals surface area (Å²) in [5.41, 5.74) is 6.69. The largest absolute Gasteiger partial charge is 0.467 e. The molecule has 3 aliphatic heterocycles. The number of hydrogen-bond donors (Lipinski definition) is 3. The van der Waals surface area contributed by atoms with Crippen molar-refractivity contribution in [2.75, 3.05) is 40.0 Å². The van der Waals surface area contributed by atoms with Crippen molar-refractivity contribution in [2.24, 2.45) is 5.92 Å². The molecule has 0 unspecified atom stereocenters. The second-order valence-electron chi connectivity index (χ2n) is 14.6. The minimum atomic E-state index is -0.811. The van der Waals surface area contributed by atoms with Gasteiger partial charge in [0.2, 0.25) is 0 Å². The predicted molar refractivity (Wildman–Crippen MR) is 206 cm³/mol. The molecule has 3 aliphatic rings. The number of methoxy groups -OCH3 is 1. The molecule has 0 aromatic heterocycles. The molecule has 4 aromatic rings. The van der Waals surface area contributed by atoms with E-state index in [0.29, 0.717) is 19.6 Å². The van der Waals surface area contributed by atoms with Crippen molar-refractivity contribution in [3.8, 4) is 11.1 Å². The van der Waals surface area contributed by atoms with Crippen LogP contribution in [0.15, 0.2) is 103 Å². The number of rotatable bonds is 12. The van der Waals surface area contributed by atoms with Gasteiger partial charge in [0.1, 0.15) is 6.04 Å². The number of ether oxygens (including phenoxy) is 5. The van der Waals surface area contributed by atoms with Crippen molar-refractivity contribution < 1.29 is 38.4 Å². The fourth-order valence-electron chi connectivity index (χ4n) is 7.72. The van der Waals surface area contributed by atoms with Gasteiger partial charge in [-0.1, -0.05) is 104 Å². The predicted octanol–water partition coefficient (Wildman–Crippen LogP) is 6.06. The lowest BCUT2D eigenvalue weighted by atomic mass is 9.89. The SMILES string of the molecule is COC(=O)[C@H](Cc1ccccc1)NC(=O)NCc1cccc(-c2ccc([C@H]3O[C@@H](CN4CCC5(CC4)OCCO5)[C@@H](C)[C@@H](c4ccc(CO)cc4)O3)cc2)c1. The first-order valence-electron chi connectivity index (χ1n) is 19.2. The third kappa shape index (κ3) is 9.61. The van der Waals surface area contributed by atoms with Gasteiger partial charge in [-0.2, -0.15) is 0 Å². The number of likely N-dealkylation sites (tertiary alicyclic amines) is 1. The Morgan fingerprint density at radius 3 is 2.22 bits per heavy atom. The maximum atomic E-state index is 12.9. The molecule has 0 saturated carbocycles. The molecule has 3 N–H and O–H groups in total. The minimum absolute atomic E-state index is 0.00659. The molecule has 3 saturated heterocycles. The Bertz CT molecular complexity index is 1860. The number of hydrogen-bond acceptors (Lipinski definition) is 9. The molecule has 1 spiro atoms. The van der Waals surface area contributed by atoms with E-state index in [1.165, 1.54) is 7.11 Å². The lowest BCUT2D eigenvalue weighted by molar-refractivity contribution is -0.278. The number of carbonyl (C=O) groups is 2. The van der Waals surface area contributed by atoms with Crippen LogP contribution in [0.1, 0.15) is 60.0 Å². The lowest BCUT2D eigenvalue weighted by Crippen LogP contribution is -2.50. The number of nitrogens with zero attached hydrogens (tertiary/aromatic N) is 1. The Morgan fingerprint density at radius 2 is 1.53 bits per heavy atom. The maximum Gasteiger partial charge on any atom is 0.328 e. The highest BCUT2D eigenvalue weighted by atomic mass is 16.7. The number of carbonyl (C=O) groups excluding carboxylic acids is 2. The van der Waals surface area contributed by atoms with E-state index in [-0.39, 0.29) is 31.3 Å². The van der Waals surface area contributed by atoms with E-state index in [9.17, 15) is 14.7 Å². The normalized spacial score (nSPS) is 22.9. The van der Waals surface area contributed by atoms with Crippen LogP contribution in [0.3, 0.4) is 0 Å². The summed E-state index contributed by atoms with van der Waals surface area (Å²) in [6, 6.07) is 32.4. The number of nitrogens with one attached hydrogen (secondary N) is 2. The van der Waals surface area contributed by atoms with E-state index >= 15 is 0 Å². The molecule has 11 nitrogen and oxygen atoms in total. The Kier molecular flexibility index (Phi) is 12.6. The highest BCUT2D eigenvalue weighted by Gasteiger charge is 2.43. The lowest BCUT2D eigenvalue weighted by Gasteiger charge is -2.44. The summed E-state index contributed by atoms with van der Waals surface area (Å²) in [5.74, 6) is -0.849. The first kappa shape index (κ1) is 38.6. The van der Waals surface area contributed by atoms with E-state index in [4.69, 9.17) is 23.7 Å². The van der Waals surface area contributed by atoms with Crippen molar-refractivity contribution in [3.05, 3.63) is 131 Å². The molecule has 3 fully saturated rings. The molecule has 0 radical (unpaired) electrons. The van der Waals surface area contributed by atoms with E-state index in [1.54, 1.807) is 0 Å². The van der Waals surface area contributed by atoms with E-state index in [2.05, 4.69) is 46.7 Å². The summed E-state index contributed by atoms with van der Waals surface area (Å²) in [4.78, 5) is 27.7. The van der Waals surface area contributed by atoms with Gasteiger partial charge >= 0.3 is 12.0 Å². The van der Waals surface area contributed by atoms with Crippen molar-refractivity contribution in [1.82, 2.24) is 15.5 Å². The first-order valence-corrected chi connectivity index (χ1v) is 19.2.